The first kappa shape index (κ1) is 11.7. The normalized spacial score (nSPS) is 10.6. The van der Waals surface area contributed by atoms with Gasteiger partial charge in [-0.3, -0.25) is 10.1 Å². The van der Waals surface area contributed by atoms with Gasteiger partial charge in [-0.15, -0.1) is 0 Å². The van der Waals surface area contributed by atoms with Crippen LogP contribution in [0.15, 0.2) is 47.0 Å². The van der Waals surface area contributed by atoms with Gasteiger partial charge in [-0.25, -0.2) is 4.98 Å². The molecule has 0 saturated heterocycles. The zero-order valence-electron chi connectivity index (χ0n) is 9.63. The molecule has 2 heterocycles. The highest BCUT2D eigenvalue weighted by Crippen LogP contribution is 2.19. The number of rotatable bonds is 2. The molecular weight excluding hydrogens is 266 g/mol. The van der Waals surface area contributed by atoms with E-state index in [-0.39, 0.29) is 11.9 Å². The molecule has 3 aromatic rings. The first-order chi connectivity index (χ1) is 9.24. The van der Waals surface area contributed by atoms with Crippen LogP contribution in [0.4, 0.5) is 6.01 Å². The fourth-order valence-electron chi connectivity index (χ4n) is 1.63. The Labute approximate surface area is 113 Å². The van der Waals surface area contributed by atoms with Crippen LogP contribution in [-0.4, -0.2) is 15.9 Å². The Hall–Kier alpha value is -2.40. The lowest BCUT2D eigenvalue weighted by molar-refractivity contribution is 0.102. The van der Waals surface area contributed by atoms with Crippen molar-refractivity contribution in [3.63, 3.8) is 0 Å². The maximum atomic E-state index is 12.0. The number of hydrogen-bond acceptors (Lipinski definition) is 4. The quantitative estimate of drug-likeness (QED) is 0.779. The summed E-state index contributed by atoms with van der Waals surface area (Å²) in [5, 5.41) is 2.92. The third-order valence-corrected chi connectivity index (χ3v) is 2.83. The summed E-state index contributed by atoms with van der Waals surface area (Å²) in [6.45, 7) is 0. The van der Waals surface area contributed by atoms with Crippen molar-refractivity contribution in [2.45, 2.75) is 0 Å². The van der Waals surface area contributed by atoms with E-state index in [4.69, 9.17) is 16.0 Å². The van der Waals surface area contributed by atoms with Crippen LogP contribution in [0.3, 0.4) is 0 Å². The van der Waals surface area contributed by atoms with Crippen molar-refractivity contribution in [1.82, 2.24) is 9.97 Å². The van der Waals surface area contributed by atoms with Gasteiger partial charge in [-0.05, 0) is 24.3 Å². The topological polar surface area (TPSA) is 68.0 Å². The smallest absolute Gasteiger partial charge is 0.304 e. The number of hydrogen-bond donors (Lipinski definition) is 1. The highest BCUT2D eigenvalue weighted by atomic mass is 35.5. The van der Waals surface area contributed by atoms with E-state index < -0.39 is 0 Å². The molecule has 6 heteroatoms. The summed E-state index contributed by atoms with van der Waals surface area (Å²) in [5.74, 6) is -0.378. The van der Waals surface area contributed by atoms with Gasteiger partial charge in [-0.1, -0.05) is 23.7 Å². The maximum absolute atomic E-state index is 12.0. The van der Waals surface area contributed by atoms with E-state index in [9.17, 15) is 4.79 Å². The van der Waals surface area contributed by atoms with Gasteiger partial charge in [0.15, 0.2) is 5.58 Å². The number of anilines is 1. The Kier molecular flexibility index (Phi) is 2.89. The predicted octanol–water partition coefficient (Wildman–Crippen LogP) is 3.13. The molecule has 94 valence electrons. The Bertz CT molecular complexity index is 721. The average molecular weight is 274 g/mol. The summed E-state index contributed by atoms with van der Waals surface area (Å²) in [6.07, 6.45) is 1.60. The van der Waals surface area contributed by atoms with Gasteiger partial charge in [0.1, 0.15) is 0 Å². The Balaban J connectivity index is 1.89. The van der Waals surface area contributed by atoms with Gasteiger partial charge in [0, 0.05) is 6.20 Å². The van der Waals surface area contributed by atoms with E-state index in [1.165, 1.54) is 0 Å². The van der Waals surface area contributed by atoms with E-state index in [0.29, 0.717) is 21.8 Å². The highest BCUT2D eigenvalue weighted by Gasteiger charge is 2.13. The molecule has 1 amide bonds. The number of carbonyl (C=O) groups is 1. The molecule has 2 aromatic heterocycles. The molecule has 1 N–H and O–H groups in total. The summed E-state index contributed by atoms with van der Waals surface area (Å²) in [4.78, 5) is 20.1. The van der Waals surface area contributed by atoms with E-state index in [1.54, 1.807) is 42.6 Å². The maximum Gasteiger partial charge on any atom is 0.304 e. The van der Waals surface area contributed by atoms with Crippen molar-refractivity contribution >= 4 is 34.8 Å². The Morgan fingerprint density at radius 2 is 2.05 bits per heavy atom. The van der Waals surface area contributed by atoms with Crippen LogP contribution in [0, 0.1) is 0 Å². The molecule has 0 aliphatic heterocycles. The molecule has 0 fully saturated rings. The van der Waals surface area contributed by atoms with Crippen molar-refractivity contribution in [1.29, 1.82) is 0 Å². The van der Waals surface area contributed by atoms with Crippen molar-refractivity contribution < 1.29 is 9.21 Å². The molecule has 0 aliphatic rings. The Morgan fingerprint density at radius 1 is 1.21 bits per heavy atom. The zero-order chi connectivity index (χ0) is 13.2. The van der Waals surface area contributed by atoms with Crippen LogP contribution >= 0.6 is 11.6 Å². The van der Waals surface area contributed by atoms with Crippen LogP contribution < -0.4 is 5.32 Å². The summed E-state index contributed by atoms with van der Waals surface area (Å²) < 4.78 is 5.35. The first-order valence-corrected chi connectivity index (χ1v) is 5.89. The molecule has 0 atom stereocenters. The number of aromatic nitrogens is 2. The highest BCUT2D eigenvalue weighted by molar-refractivity contribution is 6.34. The van der Waals surface area contributed by atoms with E-state index in [2.05, 4.69) is 15.3 Å². The SMILES string of the molecule is O=C(Nc1nc2ncccc2o1)c1ccccc1Cl. The number of nitrogens with one attached hydrogen (secondary N) is 1. The van der Waals surface area contributed by atoms with Crippen molar-refractivity contribution in [3.8, 4) is 0 Å². The number of oxazole rings is 1. The third-order valence-electron chi connectivity index (χ3n) is 2.50. The lowest BCUT2D eigenvalue weighted by Gasteiger charge is -2.02. The summed E-state index contributed by atoms with van der Waals surface area (Å²) in [6, 6.07) is 10.3. The average Bonchev–Trinajstić information content (AvgIpc) is 2.81. The van der Waals surface area contributed by atoms with E-state index in [1.807, 2.05) is 0 Å². The fourth-order valence-corrected chi connectivity index (χ4v) is 1.85. The molecule has 0 saturated carbocycles. The lowest BCUT2D eigenvalue weighted by Crippen LogP contribution is -2.12. The van der Waals surface area contributed by atoms with Gasteiger partial charge in [0.2, 0.25) is 5.65 Å². The number of amides is 1. The second-order valence-electron chi connectivity index (χ2n) is 3.78. The van der Waals surface area contributed by atoms with E-state index in [0.717, 1.165) is 0 Å². The second-order valence-corrected chi connectivity index (χ2v) is 4.19. The van der Waals surface area contributed by atoms with Crippen LogP contribution in [0.2, 0.25) is 5.02 Å². The third kappa shape index (κ3) is 2.28. The molecule has 0 aliphatic carbocycles. The molecule has 0 radical (unpaired) electrons. The summed E-state index contributed by atoms with van der Waals surface area (Å²) in [7, 11) is 0. The van der Waals surface area contributed by atoms with Crippen LogP contribution in [0.5, 0.6) is 0 Å². The molecular formula is C13H8ClN3O2. The van der Waals surface area contributed by atoms with Gasteiger partial charge >= 0.3 is 6.01 Å². The predicted molar refractivity (Wildman–Crippen MR) is 71.2 cm³/mol. The van der Waals surface area contributed by atoms with Crippen molar-refractivity contribution in [2.24, 2.45) is 0 Å². The zero-order valence-corrected chi connectivity index (χ0v) is 10.4. The molecule has 0 spiro atoms. The number of nitrogens with zero attached hydrogens (tertiary/aromatic N) is 2. The van der Waals surface area contributed by atoms with Gasteiger partial charge in [-0.2, -0.15) is 4.98 Å². The Morgan fingerprint density at radius 3 is 2.84 bits per heavy atom. The second kappa shape index (κ2) is 4.70. The van der Waals surface area contributed by atoms with Crippen LogP contribution in [0.25, 0.3) is 11.2 Å². The molecule has 1 aromatic carbocycles. The number of benzene rings is 1. The van der Waals surface area contributed by atoms with Crippen LogP contribution in [-0.2, 0) is 0 Å². The monoisotopic (exact) mass is 273 g/mol. The van der Waals surface area contributed by atoms with Gasteiger partial charge in [0.05, 0.1) is 10.6 Å². The van der Waals surface area contributed by atoms with E-state index >= 15 is 0 Å². The number of pyridine rings is 1. The number of fused-ring (bicyclic) bond motifs is 1. The summed E-state index contributed by atoms with van der Waals surface area (Å²) >= 11 is 5.94. The molecule has 3 rings (SSSR count). The lowest BCUT2D eigenvalue weighted by atomic mass is 10.2. The fraction of sp³-hybridized carbons (Fsp3) is 0. The minimum Gasteiger partial charge on any atom is -0.421 e. The minimum atomic E-state index is -0.378. The van der Waals surface area contributed by atoms with Crippen molar-refractivity contribution in [2.75, 3.05) is 5.32 Å². The standard InChI is InChI=1S/C13H8ClN3O2/c14-9-5-2-1-4-8(9)12(18)17-13-16-11-10(19-13)6-3-7-15-11/h1-7H,(H,15,16,17,18). The van der Waals surface area contributed by atoms with Crippen LogP contribution in [0.1, 0.15) is 10.4 Å². The molecule has 0 unspecified atom stereocenters. The molecule has 0 bridgehead atoms. The van der Waals surface area contributed by atoms with Crippen molar-refractivity contribution in [3.05, 3.63) is 53.2 Å². The number of carbonyl (C=O) groups excluding carboxylic acids is 1. The summed E-state index contributed by atoms with van der Waals surface area (Å²) in [5.41, 5.74) is 1.31. The minimum absolute atomic E-state index is 0.0959. The molecule has 19 heavy (non-hydrogen) atoms. The van der Waals surface area contributed by atoms with Gasteiger partial charge < -0.3 is 4.42 Å². The molecule has 5 nitrogen and oxygen atoms in total. The number of halogens is 1. The largest absolute Gasteiger partial charge is 0.421 e. The first-order valence-electron chi connectivity index (χ1n) is 5.51. The van der Waals surface area contributed by atoms with Gasteiger partial charge in [0.25, 0.3) is 5.91 Å².